The van der Waals surface area contributed by atoms with Gasteiger partial charge in [0.15, 0.2) is 0 Å². The van der Waals surface area contributed by atoms with Crippen LogP contribution >= 0.6 is 0 Å². The van der Waals surface area contributed by atoms with Crippen LogP contribution in [0.4, 0.5) is 5.69 Å². The van der Waals surface area contributed by atoms with Crippen LogP contribution in [0.15, 0.2) is 30.4 Å². The van der Waals surface area contributed by atoms with Gasteiger partial charge in [0, 0.05) is 17.6 Å². The molecule has 3 rings (SSSR count). The van der Waals surface area contributed by atoms with E-state index in [2.05, 4.69) is 37.0 Å². The Morgan fingerprint density at radius 1 is 1.25 bits per heavy atom. The number of fused-ring (bicyclic) bond motifs is 2. The molecule has 0 saturated heterocycles. The van der Waals surface area contributed by atoms with Gasteiger partial charge in [-0.2, -0.15) is 0 Å². The second-order valence-electron chi connectivity index (χ2n) is 5.43. The van der Waals surface area contributed by atoms with Crippen LogP contribution in [0.25, 0.3) is 0 Å². The number of hydrogen-bond donors (Lipinski definition) is 1. The van der Waals surface area contributed by atoms with Crippen molar-refractivity contribution in [3.05, 3.63) is 41.5 Å². The molecule has 1 aromatic rings. The predicted octanol–water partition coefficient (Wildman–Crippen LogP) is 3.79. The maximum Gasteiger partial charge on any atom is 0.0382 e. The Hall–Kier alpha value is -1.24. The first-order valence-corrected chi connectivity index (χ1v) is 6.21. The molecule has 1 aromatic carbocycles. The number of hydrogen-bond acceptors (Lipinski definition) is 1. The van der Waals surface area contributed by atoms with Crippen LogP contribution in [0.2, 0.25) is 0 Å². The lowest BCUT2D eigenvalue weighted by molar-refractivity contribution is 0.364. The van der Waals surface area contributed by atoms with Crippen molar-refractivity contribution >= 4 is 5.69 Å². The van der Waals surface area contributed by atoms with Gasteiger partial charge in [-0.05, 0) is 49.8 Å². The van der Waals surface area contributed by atoms with E-state index in [0.29, 0.717) is 5.41 Å². The third kappa shape index (κ3) is 1.38. The number of allylic oxidation sites excluding steroid dienone is 1. The van der Waals surface area contributed by atoms with E-state index in [-0.39, 0.29) is 0 Å². The van der Waals surface area contributed by atoms with Crippen LogP contribution in [0.5, 0.6) is 0 Å². The Balaban J connectivity index is 1.99. The summed E-state index contributed by atoms with van der Waals surface area (Å²) in [6.45, 7) is 7.40. The molecule has 0 radical (unpaired) electrons. The molecule has 0 atom stereocenters. The van der Waals surface area contributed by atoms with Gasteiger partial charge in [0.2, 0.25) is 0 Å². The van der Waals surface area contributed by atoms with Crippen molar-refractivity contribution in [1.29, 1.82) is 0 Å². The number of anilines is 1. The van der Waals surface area contributed by atoms with Gasteiger partial charge in [-0.1, -0.05) is 24.3 Å². The number of rotatable bonds is 0. The summed E-state index contributed by atoms with van der Waals surface area (Å²) in [4.78, 5) is 0. The third-order valence-electron chi connectivity index (χ3n) is 4.28. The zero-order chi connectivity index (χ0) is 11.2. The van der Waals surface area contributed by atoms with Crippen molar-refractivity contribution in [3.8, 4) is 0 Å². The van der Waals surface area contributed by atoms with Crippen LogP contribution in [-0.4, -0.2) is 6.54 Å². The van der Waals surface area contributed by atoms with Crippen LogP contribution in [0.3, 0.4) is 0 Å². The van der Waals surface area contributed by atoms with Crippen molar-refractivity contribution in [3.63, 3.8) is 0 Å². The van der Waals surface area contributed by atoms with Gasteiger partial charge < -0.3 is 5.32 Å². The van der Waals surface area contributed by atoms with Gasteiger partial charge in [0.05, 0.1) is 0 Å². The van der Waals surface area contributed by atoms with Gasteiger partial charge >= 0.3 is 0 Å². The summed E-state index contributed by atoms with van der Waals surface area (Å²) >= 11 is 0. The normalized spacial score (nSPS) is 21.9. The van der Waals surface area contributed by atoms with Gasteiger partial charge in [0.25, 0.3) is 0 Å². The van der Waals surface area contributed by atoms with Crippen LogP contribution < -0.4 is 5.32 Å². The van der Waals surface area contributed by atoms with Crippen molar-refractivity contribution in [1.82, 2.24) is 0 Å². The average molecular weight is 213 g/mol. The molecule has 0 aromatic heterocycles. The maximum absolute atomic E-state index is 4.12. The number of benzene rings is 1. The summed E-state index contributed by atoms with van der Waals surface area (Å²) < 4.78 is 0. The lowest BCUT2D eigenvalue weighted by atomic mass is 9.69. The first-order valence-electron chi connectivity index (χ1n) is 6.21. The van der Waals surface area contributed by atoms with Gasteiger partial charge in [0.1, 0.15) is 0 Å². The highest BCUT2D eigenvalue weighted by Gasteiger charge is 2.40. The summed E-state index contributed by atoms with van der Waals surface area (Å²) in [5, 5.41) is 3.59. The van der Waals surface area contributed by atoms with Gasteiger partial charge in [-0.15, -0.1) is 0 Å². The van der Waals surface area contributed by atoms with Crippen LogP contribution in [0.1, 0.15) is 36.8 Å². The molecule has 0 amide bonds. The zero-order valence-corrected chi connectivity index (χ0v) is 9.97. The molecule has 1 aliphatic heterocycles. The van der Waals surface area contributed by atoms with E-state index in [1.807, 2.05) is 0 Å². The molecule has 1 heterocycles. The minimum atomic E-state index is 0.407. The molecule has 1 saturated carbocycles. The van der Waals surface area contributed by atoms with Crippen molar-refractivity contribution in [2.75, 3.05) is 11.9 Å². The van der Waals surface area contributed by atoms with E-state index in [1.54, 1.807) is 5.56 Å². The summed E-state index contributed by atoms with van der Waals surface area (Å²) in [6.07, 6.45) is 4.95. The molecule has 1 nitrogen and oxygen atoms in total. The molecule has 1 aliphatic carbocycles. The van der Waals surface area contributed by atoms with Crippen LogP contribution in [0, 0.1) is 6.92 Å². The molecular formula is C15H19N. The van der Waals surface area contributed by atoms with E-state index in [9.17, 15) is 0 Å². The first kappa shape index (κ1) is 9.95. The maximum atomic E-state index is 4.12. The molecule has 1 fully saturated rings. The molecule has 16 heavy (non-hydrogen) atoms. The lowest BCUT2D eigenvalue weighted by Crippen LogP contribution is -2.31. The Morgan fingerprint density at radius 3 is 2.75 bits per heavy atom. The Bertz CT molecular complexity index is 435. The summed E-state index contributed by atoms with van der Waals surface area (Å²) in [7, 11) is 0. The summed E-state index contributed by atoms with van der Waals surface area (Å²) in [5.41, 5.74) is 6.11. The highest BCUT2D eigenvalue weighted by Crippen LogP contribution is 2.47. The molecular weight excluding hydrogens is 194 g/mol. The Morgan fingerprint density at radius 2 is 2.00 bits per heavy atom. The smallest absolute Gasteiger partial charge is 0.0382 e. The molecule has 0 bridgehead atoms. The third-order valence-corrected chi connectivity index (χ3v) is 4.28. The molecule has 0 unspecified atom stereocenters. The molecule has 1 N–H and O–H groups in total. The van der Waals surface area contributed by atoms with Crippen molar-refractivity contribution in [2.45, 2.75) is 38.0 Å². The fraction of sp³-hybridized carbons (Fsp3) is 0.467. The minimum absolute atomic E-state index is 0.407. The summed E-state index contributed by atoms with van der Waals surface area (Å²) in [5.74, 6) is 0. The number of nitrogens with one attached hydrogen (secondary N) is 1. The van der Waals surface area contributed by atoms with E-state index >= 15 is 0 Å². The first-order chi connectivity index (χ1) is 7.70. The van der Waals surface area contributed by atoms with Crippen molar-refractivity contribution in [2.24, 2.45) is 0 Å². The van der Waals surface area contributed by atoms with E-state index < -0.39 is 0 Å². The highest BCUT2D eigenvalue weighted by molar-refractivity contribution is 5.62. The zero-order valence-electron chi connectivity index (χ0n) is 9.97. The quantitative estimate of drug-likeness (QED) is 0.646. The largest absolute Gasteiger partial charge is 0.384 e. The topological polar surface area (TPSA) is 12.0 Å². The molecule has 84 valence electrons. The summed E-state index contributed by atoms with van der Waals surface area (Å²) in [6, 6.07) is 6.86. The van der Waals surface area contributed by atoms with Gasteiger partial charge in [-0.25, -0.2) is 0 Å². The van der Waals surface area contributed by atoms with E-state index in [0.717, 1.165) is 6.54 Å². The second kappa shape index (κ2) is 3.38. The second-order valence-corrected chi connectivity index (χ2v) is 5.43. The number of aryl methyl sites for hydroxylation is 1. The van der Waals surface area contributed by atoms with E-state index in [1.165, 1.54) is 42.5 Å². The molecule has 1 heteroatoms. The fourth-order valence-electron chi connectivity index (χ4n) is 3.15. The monoisotopic (exact) mass is 213 g/mol. The lowest BCUT2D eigenvalue weighted by Gasteiger charge is -2.34. The SMILES string of the molecule is C=C1CCC2(CC1)CNc1cc(C)ccc12. The highest BCUT2D eigenvalue weighted by atomic mass is 14.9. The van der Waals surface area contributed by atoms with E-state index in [4.69, 9.17) is 0 Å². The minimum Gasteiger partial charge on any atom is -0.384 e. The predicted molar refractivity (Wildman–Crippen MR) is 69.0 cm³/mol. The molecule has 2 aliphatic rings. The average Bonchev–Trinajstić information content (AvgIpc) is 2.62. The standard InChI is InChI=1S/C15H19N/c1-11-5-7-15(8-6-11)10-16-14-9-12(2)3-4-13(14)15/h3-4,9,16H,1,5-8,10H2,2H3. The van der Waals surface area contributed by atoms with Gasteiger partial charge in [-0.3, -0.25) is 0 Å². The Kier molecular flexibility index (Phi) is 2.10. The Labute approximate surface area is 97.6 Å². The van der Waals surface area contributed by atoms with Crippen LogP contribution in [-0.2, 0) is 5.41 Å². The fourth-order valence-corrected chi connectivity index (χ4v) is 3.15. The molecule has 1 spiro atoms. The van der Waals surface area contributed by atoms with Crippen molar-refractivity contribution < 1.29 is 0 Å².